The van der Waals surface area contributed by atoms with E-state index in [-0.39, 0.29) is 5.82 Å². The maximum absolute atomic E-state index is 12.9. The molecule has 0 saturated carbocycles. The number of likely N-dealkylation sites (N-methyl/N-ethyl adjacent to an activating group) is 1. The maximum Gasteiger partial charge on any atom is 0.224 e. The molecule has 2 aromatic rings. The summed E-state index contributed by atoms with van der Waals surface area (Å²) >= 11 is 0. The molecule has 1 aliphatic heterocycles. The van der Waals surface area contributed by atoms with E-state index in [1.54, 1.807) is 18.3 Å². The number of aromatic nitrogens is 2. The number of hydrogen-bond donors (Lipinski definition) is 1. The molecule has 0 bridgehead atoms. The van der Waals surface area contributed by atoms with Crippen LogP contribution in [0.3, 0.4) is 0 Å². The van der Waals surface area contributed by atoms with Gasteiger partial charge in [0.1, 0.15) is 11.6 Å². The van der Waals surface area contributed by atoms with Crippen molar-refractivity contribution in [3.8, 4) is 0 Å². The maximum atomic E-state index is 12.9. The van der Waals surface area contributed by atoms with E-state index in [4.69, 9.17) is 0 Å². The van der Waals surface area contributed by atoms with Crippen molar-refractivity contribution in [2.24, 2.45) is 0 Å². The van der Waals surface area contributed by atoms with Gasteiger partial charge in [0.05, 0.1) is 0 Å². The second-order valence-corrected chi connectivity index (χ2v) is 5.83. The molecule has 0 radical (unpaired) electrons. The van der Waals surface area contributed by atoms with E-state index in [0.29, 0.717) is 5.95 Å². The van der Waals surface area contributed by atoms with Crippen LogP contribution in [-0.2, 0) is 6.42 Å². The van der Waals surface area contributed by atoms with Crippen LogP contribution in [0.15, 0.2) is 36.5 Å². The predicted molar refractivity (Wildman–Crippen MR) is 90.3 cm³/mol. The zero-order chi connectivity index (χ0) is 16.1. The van der Waals surface area contributed by atoms with Crippen molar-refractivity contribution in [1.82, 2.24) is 14.9 Å². The van der Waals surface area contributed by atoms with Crippen LogP contribution in [0.2, 0.25) is 0 Å². The van der Waals surface area contributed by atoms with Gasteiger partial charge in [-0.1, -0.05) is 12.1 Å². The standard InChI is InChI=1S/C17H22FN5/c1-22-10-12-23(13-11-22)16-7-9-20-17(21-16)19-8-6-14-2-4-15(18)5-3-14/h2-5,7,9H,6,8,10-13H2,1H3,(H,19,20,21). The van der Waals surface area contributed by atoms with Gasteiger partial charge < -0.3 is 15.1 Å². The van der Waals surface area contributed by atoms with Gasteiger partial charge in [-0.3, -0.25) is 0 Å². The summed E-state index contributed by atoms with van der Waals surface area (Å²) in [6.45, 7) is 4.80. The Morgan fingerprint density at radius 1 is 1.09 bits per heavy atom. The van der Waals surface area contributed by atoms with Gasteiger partial charge in [-0.15, -0.1) is 0 Å². The molecule has 1 saturated heterocycles. The van der Waals surface area contributed by atoms with Crippen molar-refractivity contribution < 1.29 is 4.39 Å². The number of hydrogen-bond acceptors (Lipinski definition) is 5. The minimum absolute atomic E-state index is 0.204. The van der Waals surface area contributed by atoms with Crippen LogP contribution >= 0.6 is 0 Å². The molecular formula is C17H22FN5. The lowest BCUT2D eigenvalue weighted by molar-refractivity contribution is 0.312. The summed E-state index contributed by atoms with van der Waals surface area (Å²) in [5.74, 6) is 1.41. The highest BCUT2D eigenvalue weighted by atomic mass is 19.1. The summed E-state index contributed by atoms with van der Waals surface area (Å²) in [4.78, 5) is 13.5. The normalized spacial score (nSPS) is 15.7. The molecule has 0 spiro atoms. The molecule has 1 N–H and O–H groups in total. The van der Waals surface area contributed by atoms with Gasteiger partial charge in [0.15, 0.2) is 0 Å². The van der Waals surface area contributed by atoms with Crippen LogP contribution < -0.4 is 10.2 Å². The number of nitrogens with one attached hydrogen (secondary N) is 1. The van der Waals surface area contributed by atoms with Crippen molar-refractivity contribution in [3.05, 3.63) is 47.9 Å². The summed E-state index contributed by atoms with van der Waals surface area (Å²) in [6.07, 6.45) is 2.60. The molecule has 6 heteroatoms. The van der Waals surface area contributed by atoms with Crippen molar-refractivity contribution in [1.29, 1.82) is 0 Å². The van der Waals surface area contributed by atoms with Crippen molar-refractivity contribution in [2.45, 2.75) is 6.42 Å². The number of rotatable bonds is 5. The van der Waals surface area contributed by atoms with E-state index in [1.807, 2.05) is 6.07 Å². The van der Waals surface area contributed by atoms with Gasteiger partial charge in [0.2, 0.25) is 5.95 Å². The zero-order valence-corrected chi connectivity index (χ0v) is 13.4. The van der Waals surface area contributed by atoms with Crippen molar-refractivity contribution in [2.75, 3.05) is 50.0 Å². The molecule has 0 unspecified atom stereocenters. The van der Waals surface area contributed by atoms with Gasteiger partial charge in [-0.05, 0) is 37.2 Å². The third-order valence-corrected chi connectivity index (χ3v) is 4.08. The first-order chi connectivity index (χ1) is 11.2. The Balaban J connectivity index is 1.54. The average molecular weight is 315 g/mol. The quantitative estimate of drug-likeness (QED) is 0.914. The molecule has 0 amide bonds. The van der Waals surface area contributed by atoms with Crippen LogP contribution in [0.25, 0.3) is 0 Å². The number of anilines is 2. The van der Waals surface area contributed by atoms with Crippen LogP contribution in [0.5, 0.6) is 0 Å². The van der Waals surface area contributed by atoms with E-state index in [2.05, 4.69) is 32.1 Å². The molecule has 1 fully saturated rings. The lowest BCUT2D eigenvalue weighted by Crippen LogP contribution is -2.44. The molecule has 2 heterocycles. The Morgan fingerprint density at radius 3 is 2.57 bits per heavy atom. The molecule has 5 nitrogen and oxygen atoms in total. The molecule has 1 aromatic carbocycles. The second kappa shape index (κ2) is 7.37. The topological polar surface area (TPSA) is 44.3 Å². The Bertz CT molecular complexity index is 623. The minimum atomic E-state index is -0.204. The first-order valence-electron chi connectivity index (χ1n) is 7.95. The first-order valence-corrected chi connectivity index (χ1v) is 7.95. The summed E-state index contributed by atoms with van der Waals surface area (Å²) < 4.78 is 12.9. The molecule has 23 heavy (non-hydrogen) atoms. The zero-order valence-electron chi connectivity index (χ0n) is 13.4. The largest absolute Gasteiger partial charge is 0.354 e. The lowest BCUT2D eigenvalue weighted by Gasteiger charge is -2.33. The van der Waals surface area contributed by atoms with Crippen molar-refractivity contribution in [3.63, 3.8) is 0 Å². The molecule has 1 aliphatic rings. The van der Waals surface area contributed by atoms with Crippen LogP contribution in [0, 0.1) is 5.82 Å². The van der Waals surface area contributed by atoms with Crippen molar-refractivity contribution >= 4 is 11.8 Å². The first kappa shape index (κ1) is 15.7. The summed E-state index contributed by atoms with van der Waals surface area (Å²) in [5, 5.41) is 3.24. The highest BCUT2D eigenvalue weighted by Crippen LogP contribution is 2.14. The molecule has 122 valence electrons. The summed E-state index contributed by atoms with van der Waals surface area (Å²) in [6, 6.07) is 8.53. The predicted octanol–water partition coefficient (Wildman–Crippen LogP) is 2.02. The van der Waals surface area contributed by atoms with Gasteiger partial charge >= 0.3 is 0 Å². The third-order valence-electron chi connectivity index (χ3n) is 4.08. The Kier molecular flexibility index (Phi) is 5.02. The van der Waals surface area contributed by atoms with Gasteiger partial charge in [0.25, 0.3) is 0 Å². The smallest absolute Gasteiger partial charge is 0.224 e. The van der Waals surface area contributed by atoms with E-state index in [9.17, 15) is 4.39 Å². The average Bonchev–Trinajstić information content (AvgIpc) is 2.58. The Morgan fingerprint density at radius 2 is 1.83 bits per heavy atom. The Hall–Kier alpha value is -2.21. The number of nitrogens with zero attached hydrogens (tertiary/aromatic N) is 4. The molecule has 3 rings (SSSR count). The molecule has 0 atom stereocenters. The second-order valence-electron chi connectivity index (χ2n) is 5.83. The number of halogens is 1. The van der Waals surface area contributed by atoms with E-state index in [1.165, 1.54) is 12.1 Å². The summed E-state index contributed by atoms with van der Waals surface area (Å²) in [7, 11) is 2.14. The van der Waals surface area contributed by atoms with E-state index >= 15 is 0 Å². The number of piperazine rings is 1. The fourth-order valence-electron chi connectivity index (χ4n) is 2.62. The van der Waals surface area contributed by atoms with E-state index in [0.717, 1.165) is 50.5 Å². The molecule has 1 aromatic heterocycles. The monoisotopic (exact) mass is 315 g/mol. The Labute approximate surface area is 136 Å². The lowest BCUT2D eigenvalue weighted by atomic mass is 10.1. The molecular weight excluding hydrogens is 293 g/mol. The van der Waals surface area contributed by atoms with E-state index < -0.39 is 0 Å². The fraction of sp³-hybridized carbons (Fsp3) is 0.412. The van der Waals surface area contributed by atoms with Crippen LogP contribution in [0.4, 0.5) is 16.2 Å². The fourth-order valence-corrected chi connectivity index (χ4v) is 2.62. The van der Waals surface area contributed by atoms with Gasteiger partial charge in [-0.25, -0.2) is 9.37 Å². The molecule has 0 aliphatic carbocycles. The minimum Gasteiger partial charge on any atom is -0.354 e. The highest BCUT2D eigenvalue weighted by molar-refractivity contribution is 5.43. The SMILES string of the molecule is CN1CCN(c2ccnc(NCCc3ccc(F)cc3)n2)CC1. The van der Waals surface area contributed by atoms with Crippen LogP contribution in [0.1, 0.15) is 5.56 Å². The highest BCUT2D eigenvalue weighted by Gasteiger charge is 2.15. The van der Waals surface area contributed by atoms with Gasteiger partial charge in [0, 0.05) is 38.9 Å². The third kappa shape index (κ3) is 4.39. The van der Waals surface area contributed by atoms with Gasteiger partial charge in [-0.2, -0.15) is 4.98 Å². The van der Waals surface area contributed by atoms with Crippen LogP contribution in [-0.4, -0.2) is 54.6 Å². The summed E-state index contributed by atoms with van der Waals surface area (Å²) in [5.41, 5.74) is 1.09. The number of benzene rings is 1.